The van der Waals surface area contributed by atoms with Crippen LogP contribution in [0.25, 0.3) is 10.9 Å². The molecule has 3 aromatic rings. The molecule has 1 aromatic heterocycles. The van der Waals surface area contributed by atoms with E-state index in [-0.39, 0.29) is 31.2 Å². The monoisotopic (exact) mass is 436 g/mol. The summed E-state index contributed by atoms with van der Waals surface area (Å²) in [5, 5.41) is 6.54. The molecule has 9 nitrogen and oxygen atoms in total. The van der Waals surface area contributed by atoms with E-state index in [4.69, 9.17) is 9.47 Å². The summed E-state index contributed by atoms with van der Waals surface area (Å²) in [5.74, 6) is 0.497. The molecule has 166 valence electrons. The molecule has 0 bridgehead atoms. The highest BCUT2D eigenvalue weighted by Crippen LogP contribution is 2.28. The topological polar surface area (TPSA) is 113 Å². The lowest BCUT2D eigenvalue weighted by Crippen LogP contribution is -2.31. The van der Waals surface area contributed by atoms with Gasteiger partial charge in [0, 0.05) is 23.8 Å². The van der Waals surface area contributed by atoms with Crippen LogP contribution in [0.2, 0.25) is 0 Å². The van der Waals surface area contributed by atoms with Gasteiger partial charge in [-0.25, -0.2) is 4.79 Å². The molecule has 2 heterocycles. The van der Waals surface area contributed by atoms with Crippen molar-refractivity contribution in [2.75, 3.05) is 19.5 Å². The Balaban J connectivity index is 1.33. The van der Waals surface area contributed by atoms with E-state index < -0.39 is 12.1 Å². The molecule has 0 radical (unpaired) electrons. The first-order valence-electron chi connectivity index (χ1n) is 10.2. The van der Waals surface area contributed by atoms with E-state index in [1.54, 1.807) is 18.2 Å². The fourth-order valence-electron chi connectivity index (χ4n) is 3.71. The van der Waals surface area contributed by atoms with Gasteiger partial charge in [-0.1, -0.05) is 12.1 Å². The van der Waals surface area contributed by atoms with Crippen LogP contribution in [0.1, 0.15) is 18.4 Å². The molecule has 4 rings (SSSR count). The van der Waals surface area contributed by atoms with Gasteiger partial charge in [0.2, 0.25) is 5.91 Å². The lowest BCUT2D eigenvalue weighted by atomic mass is 10.1. The van der Waals surface area contributed by atoms with Crippen molar-refractivity contribution in [3.8, 4) is 11.5 Å². The number of urea groups is 1. The standard InChI is InChI=1S/C23H24N4O5/c1-31-19-7-3-14(11-20(19)32-2)13-27-22(29)17(26-23(27)30)6-8-21(28)25-16-5-4-15-9-10-24-18(15)12-16/h3-5,7,9-12,17,24H,6,8,13H2,1-2H3,(H,25,28)(H,26,30)/t17-/m1/s1. The van der Waals surface area contributed by atoms with Crippen molar-refractivity contribution < 1.29 is 23.9 Å². The Hall–Kier alpha value is -4.01. The Bertz CT molecular complexity index is 1170. The van der Waals surface area contributed by atoms with Gasteiger partial charge in [-0.15, -0.1) is 0 Å². The number of nitrogens with one attached hydrogen (secondary N) is 3. The molecular weight excluding hydrogens is 412 g/mol. The Kier molecular flexibility index (Phi) is 5.98. The second kappa shape index (κ2) is 9.01. The smallest absolute Gasteiger partial charge is 0.325 e. The minimum atomic E-state index is -0.737. The summed E-state index contributed by atoms with van der Waals surface area (Å²) in [6.07, 6.45) is 2.14. The molecule has 0 spiro atoms. The Morgan fingerprint density at radius 3 is 2.66 bits per heavy atom. The molecule has 1 aliphatic heterocycles. The second-order valence-corrected chi connectivity index (χ2v) is 7.48. The predicted octanol–water partition coefficient (Wildman–Crippen LogP) is 3.02. The number of H-pyrrole nitrogens is 1. The minimum Gasteiger partial charge on any atom is -0.493 e. The molecule has 9 heteroatoms. The lowest BCUT2D eigenvalue weighted by molar-refractivity contribution is -0.128. The summed E-state index contributed by atoms with van der Waals surface area (Å²) >= 11 is 0. The highest BCUT2D eigenvalue weighted by Gasteiger charge is 2.37. The maximum Gasteiger partial charge on any atom is 0.325 e. The number of fused-ring (bicyclic) bond motifs is 1. The number of hydrogen-bond acceptors (Lipinski definition) is 5. The first-order valence-corrected chi connectivity index (χ1v) is 10.2. The van der Waals surface area contributed by atoms with Gasteiger partial charge < -0.3 is 25.1 Å². The van der Waals surface area contributed by atoms with Gasteiger partial charge >= 0.3 is 6.03 Å². The van der Waals surface area contributed by atoms with Gasteiger partial charge in [0.1, 0.15) is 6.04 Å². The van der Waals surface area contributed by atoms with Crippen LogP contribution in [0.3, 0.4) is 0 Å². The summed E-state index contributed by atoms with van der Waals surface area (Å²) in [6, 6.07) is 11.5. The first kappa shape index (κ1) is 21.2. The molecule has 1 atom stereocenters. The number of carbonyl (C=O) groups is 3. The molecule has 32 heavy (non-hydrogen) atoms. The summed E-state index contributed by atoms with van der Waals surface area (Å²) in [6.45, 7) is 0.101. The van der Waals surface area contributed by atoms with Crippen molar-refractivity contribution in [3.05, 3.63) is 54.2 Å². The Morgan fingerprint density at radius 1 is 1.06 bits per heavy atom. The quantitative estimate of drug-likeness (QED) is 0.470. The first-order chi connectivity index (χ1) is 15.5. The normalized spacial score (nSPS) is 15.7. The van der Waals surface area contributed by atoms with Gasteiger partial charge in [0.25, 0.3) is 5.91 Å². The van der Waals surface area contributed by atoms with E-state index in [9.17, 15) is 14.4 Å². The number of aromatic amines is 1. The molecule has 3 N–H and O–H groups in total. The van der Waals surface area contributed by atoms with Crippen LogP contribution in [-0.4, -0.2) is 48.0 Å². The third-order valence-electron chi connectivity index (χ3n) is 5.39. The summed E-state index contributed by atoms with van der Waals surface area (Å²) in [5.41, 5.74) is 2.32. The molecule has 4 amide bonds. The van der Waals surface area contributed by atoms with Crippen LogP contribution in [-0.2, 0) is 16.1 Å². The number of anilines is 1. The zero-order chi connectivity index (χ0) is 22.7. The maximum atomic E-state index is 12.7. The number of hydrogen-bond donors (Lipinski definition) is 3. The van der Waals surface area contributed by atoms with E-state index in [0.29, 0.717) is 17.2 Å². The van der Waals surface area contributed by atoms with Crippen molar-refractivity contribution in [2.45, 2.75) is 25.4 Å². The molecule has 1 fully saturated rings. The van der Waals surface area contributed by atoms with Gasteiger partial charge in [-0.05, 0) is 47.7 Å². The predicted molar refractivity (Wildman–Crippen MR) is 119 cm³/mol. The van der Waals surface area contributed by atoms with Crippen molar-refractivity contribution in [2.24, 2.45) is 0 Å². The van der Waals surface area contributed by atoms with Crippen LogP contribution in [0, 0.1) is 0 Å². The van der Waals surface area contributed by atoms with Gasteiger partial charge in [0.05, 0.1) is 20.8 Å². The fraction of sp³-hybridized carbons (Fsp3) is 0.261. The number of amides is 4. The molecule has 0 aliphatic carbocycles. The minimum absolute atomic E-state index is 0.101. The van der Waals surface area contributed by atoms with Crippen molar-refractivity contribution in [1.82, 2.24) is 15.2 Å². The van der Waals surface area contributed by atoms with Gasteiger partial charge in [-0.2, -0.15) is 0 Å². The zero-order valence-corrected chi connectivity index (χ0v) is 17.8. The zero-order valence-electron chi connectivity index (χ0n) is 17.8. The number of rotatable bonds is 8. The molecule has 1 saturated heterocycles. The van der Waals surface area contributed by atoms with Crippen molar-refractivity contribution in [3.63, 3.8) is 0 Å². The van der Waals surface area contributed by atoms with Crippen LogP contribution in [0.5, 0.6) is 11.5 Å². The number of benzene rings is 2. The van der Waals surface area contributed by atoms with Crippen LogP contribution >= 0.6 is 0 Å². The maximum absolute atomic E-state index is 12.7. The molecule has 2 aromatic carbocycles. The lowest BCUT2D eigenvalue weighted by Gasteiger charge is -2.15. The SMILES string of the molecule is COc1ccc(CN2C(=O)N[C@H](CCC(=O)Nc3ccc4cc[nH]c4c3)C2=O)cc1OC. The number of ether oxygens (including phenoxy) is 2. The van der Waals surface area contributed by atoms with Gasteiger partial charge in [0.15, 0.2) is 11.5 Å². The van der Waals surface area contributed by atoms with Crippen molar-refractivity contribution >= 4 is 34.4 Å². The molecule has 0 unspecified atom stereocenters. The van der Waals surface area contributed by atoms with Crippen LogP contribution < -0.4 is 20.1 Å². The average molecular weight is 436 g/mol. The van der Waals surface area contributed by atoms with E-state index in [1.165, 1.54) is 14.2 Å². The van der Waals surface area contributed by atoms with Crippen molar-refractivity contribution in [1.29, 1.82) is 0 Å². The average Bonchev–Trinajstić information content (AvgIpc) is 3.36. The second-order valence-electron chi connectivity index (χ2n) is 7.48. The molecular formula is C23H24N4O5. The van der Waals surface area contributed by atoms with E-state index in [1.807, 2.05) is 30.5 Å². The van der Waals surface area contributed by atoms with E-state index in [2.05, 4.69) is 15.6 Å². The third kappa shape index (κ3) is 4.36. The fourth-order valence-corrected chi connectivity index (χ4v) is 3.71. The highest BCUT2D eigenvalue weighted by atomic mass is 16.5. The number of methoxy groups -OCH3 is 2. The number of imide groups is 1. The summed E-state index contributed by atoms with van der Waals surface area (Å²) in [7, 11) is 3.06. The molecule has 1 aliphatic rings. The van der Waals surface area contributed by atoms with Gasteiger partial charge in [-0.3, -0.25) is 14.5 Å². The van der Waals surface area contributed by atoms with E-state index >= 15 is 0 Å². The third-order valence-corrected chi connectivity index (χ3v) is 5.39. The Labute approximate surface area is 184 Å². The van der Waals surface area contributed by atoms with Crippen LogP contribution in [0.15, 0.2) is 48.7 Å². The van der Waals surface area contributed by atoms with E-state index in [0.717, 1.165) is 21.4 Å². The Morgan fingerprint density at radius 2 is 1.88 bits per heavy atom. The number of carbonyl (C=O) groups excluding carboxylic acids is 3. The summed E-state index contributed by atoms with van der Waals surface area (Å²) in [4.78, 5) is 41.7. The number of aromatic nitrogens is 1. The molecule has 0 saturated carbocycles. The summed E-state index contributed by atoms with van der Waals surface area (Å²) < 4.78 is 10.5. The number of nitrogens with zero attached hydrogens (tertiary/aromatic N) is 1. The largest absolute Gasteiger partial charge is 0.493 e. The van der Waals surface area contributed by atoms with Crippen LogP contribution in [0.4, 0.5) is 10.5 Å². The highest BCUT2D eigenvalue weighted by molar-refractivity contribution is 6.04.